The Morgan fingerprint density at radius 1 is 1.14 bits per heavy atom. The van der Waals surface area contributed by atoms with Crippen molar-refractivity contribution in [1.29, 1.82) is 0 Å². The molecule has 2 aliphatic rings. The number of rotatable bonds is 8. The highest BCUT2D eigenvalue weighted by Gasteiger charge is 2.37. The second-order valence-electron chi connectivity index (χ2n) is 8.92. The van der Waals surface area contributed by atoms with E-state index >= 15 is 0 Å². The van der Waals surface area contributed by atoms with Crippen LogP contribution in [0.1, 0.15) is 43.4 Å². The number of nitrogens with zero attached hydrogens (tertiary/aromatic N) is 3. The monoisotopic (exact) mass is 497 g/mol. The lowest BCUT2D eigenvalue weighted by atomic mass is 9.97. The standard InChI is InChI=1S/C27H32FN3O5/c1-4-36-27(33)18-8-7-13-30(16-18)17-26(32)31-24(21-12-11-19(34-2)14-25(21)35-3)15-23(29-31)20-9-5-6-10-22(20)28/h5-6,9-12,14,18,24H,4,7-8,13,15-17H2,1-3H3/t18-,24-/m1/s1. The third kappa shape index (κ3) is 5.51. The molecule has 36 heavy (non-hydrogen) atoms. The molecular weight excluding hydrogens is 465 g/mol. The molecule has 1 saturated heterocycles. The number of carbonyl (C=O) groups excluding carboxylic acids is 2. The second-order valence-corrected chi connectivity index (χ2v) is 8.92. The smallest absolute Gasteiger partial charge is 0.310 e. The number of carbonyl (C=O) groups is 2. The van der Waals surface area contributed by atoms with Gasteiger partial charge in [-0.25, -0.2) is 9.40 Å². The Morgan fingerprint density at radius 3 is 2.67 bits per heavy atom. The normalized spacial score (nSPS) is 20.1. The molecule has 0 aromatic heterocycles. The van der Waals surface area contributed by atoms with E-state index in [4.69, 9.17) is 14.2 Å². The molecule has 0 saturated carbocycles. The summed E-state index contributed by atoms with van der Waals surface area (Å²) in [5.41, 5.74) is 1.61. The van der Waals surface area contributed by atoms with Crippen molar-refractivity contribution in [2.75, 3.05) is 40.5 Å². The number of benzene rings is 2. The van der Waals surface area contributed by atoms with Gasteiger partial charge in [0.2, 0.25) is 0 Å². The van der Waals surface area contributed by atoms with Crippen LogP contribution in [-0.2, 0) is 14.3 Å². The average molecular weight is 498 g/mol. The van der Waals surface area contributed by atoms with Gasteiger partial charge >= 0.3 is 5.97 Å². The van der Waals surface area contributed by atoms with Gasteiger partial charge in [0.1, 0.15) is 17.3 Å². The quantitative estimate of drug-likeness (QED) is 0.516. The number of esters is 1. The van der Waals surface area contributed by atoms with E-state index in [1.54, 1.807) is 51.5 Å². The third-order valence-electron chi connectivity index (χ3n) is 6.63. The summed E-state index contributed by atoms with van der Waals surface area (Å²) in [5.74, 6) is 0.0899. The Balaban J connectivity index is 1.61. The number of halogens is 1. The van der Waals surface area contributed by atoms with Crippen molar-refractivity contribution in [2.24, 2.45) is 11.0 Å². The fourth-order valence-corrected chi connectivity index (χ4v) is 4.85. The summed E-state index contributed by atoms with van der Waals surface area (Å²) >= 11 is 0. The molecule has 0 aliphatic carbocycles. The van der Waals surface area contributed by atoms with Crippen molar-refractivity contribution in [3.8, 4) is 11.5 Å². The highest BCUT2D eigenvalue weighted by Crippen LogP contribution is 2.39. The minimum absolute atomic E-state index is 0.0962. The zero-order valence-corrected chi connectivity index (χ0v) is 20.9. The van der Waals surface area contributed by atoms with E-state index in [1.165, 1.54) is 11.1 Å². The third-order valence-corrected chi connectivity index (χ3v) is 6.63. The number of ether oxygens (including phenoxy) is 3. The van der Waals surface area contributed by atoms with Gasteiger partial charge < -0.3 is 14.2 Å². The molecule has 192 valence electrons. The van der Waals surface area contributed by atoms with Gasteiger partial charge in [0.05, 0.1) is 45.0 Å². The molecule has 8 nitrogen and oxygen atoms in total. The average Bonchev–Trinajstić information content (AvgIpc) is 3.34. The van der Waals surface area contributed by atoms with Gasteiger partial charge in [0.25, 0.3) is 5.91 Å². The van der Waals surface area contributed by atoms with Gasteiger partial charge in [0.15, 0.2) is 0 Å². The van der Waals surface area contributed by atoms with Crippen LogP contribution >= 0.6 is 0 Å². The summed E-state index contributed by atoms with van der Waals surface area (Å²) < 4.78 is 30.7. The van der Waals surface area contributed by atoms with Crippen LogP contribution in [0, 0.1) is 11.7 Å². The lowest BCUT2D eigenvalue weighted by molar-refractivity contribution is -0.150. The first-order valence-corrected chi connectivity index (χ1v) is 12.2. The fraction of sp³-hybridized carbons (Fsp3) is 0.444. The molecule has 2 aromatic rings. The minimum Gasteiger partial charge on any atom is -0.497 e. The number of piperidine rings is 1. The van der Waals surface area contributed by atoms with Crippen molar-refractivity contribution in [1.82, 2.24) is 9.91 Å². The number of methoxy groups -OCH3 is 2. The van der Waals surface area contributed by atoms with Gasteiger partial charge in [-0.15, -0.1) is 0 Å². The second kappa shape index (κ2) is 11.5. The number of likely N-dealkylation sites (tertiary alicyclic amines) is 1. The van der Waals surface area contributed by atoms with Crippen LogP contribution in [0.5, 0.6) is 11.5 Å². The topological polar surface area (TPSA) is 80.7 Å². The molecule has 2 heterocycles. The van der Waals surface area contributed by atoms with Crippen LogP contribution in [0.25, 0.3) is 0 Å². The maximum atomic E-state index is 14.6. The molecule has 0 bridgehead atoms. The van der Waals surface area contributed by atoms with Gasteiger partial charge in [0, 0.05) is 30.2 Å². The summed E-state index contributed by atoms with van der Waals surface area (Å²) in [7, 11) is 3.13. The number of hydrogen-bond donors (Lipinski definition) is 0. The Bertz CT molecular complexity index is 1140. The lowest BCUT2D eigenvalue weighted by Crippen LogP contribution is -2.44. The summed E-state index contributed by atoms with van der Waals surface area (Å²) in [6, 6.07) is 11.4. The molecule has 2 atom stereocenters. The van der Waals surface area contributed by atoms with Gasteiger partial charge in [-0.05, 0) is 44.5 Å². The molecular formula is C27H32FN3O5. The minimum atomic E-state index is -0.474. The molecule has 9 heteroatoms. The van der Waals surface area contributed by atoms with Crippen LogP contribution in [0.2, 0.25) is 0 Å². The van der Waals surface area contributed by atoms with E-state index in [2.05, 4.69) is 5.10 Å². The van der Waals surface area contributed by atoms with E-state index in [9.17, 15) is 14.0 Å². The molecule has 0 radical (unpaired) electrons. The van der Waals surface area contributed by atoms with Crippen molar-refractivity contribution in [3.05, 3.63) is 59.4 Å². The zero-order valence-electron chi connectivity index (χ0n) is 20.9. The summed E-state index contributed by atoms with van der Waals surface area (Å²) in [6.07, 6.45) is 1.88. The van der Waals surface area contributed by atoms with Crippen LogP contribution in [0.4, 0.5) is 4.39 Å². The Morgan fingerprint density at radius 2 is 1.94 bits per heavy atom. The highest BCUT2D eigenvalue weighted by atomic mass is 19.1. The van der Waals surface area contributed by atoms with Crippen LogP contribution in [0.15, 0.2) is 47.6 Å². The summed E-state index contributed by atoms with van der Waals surface area (Å²) in [6.45, 7) is 3.38. The lowest BCUT2D eigenvalue weighted by Gasteiger charge is -2.32. The van der Waals surface area contributed by atoms with Gasteiger partial charge in [-0.2, -0.15) is 5.10 Å². The number of amides is 1. The van der Waals surface area contributed by atoms with E-state index in [0.717, 1.165) is 18.4 Å². The Labute approximate surface area is 210 Å². The van der Waals surface area contributed by atoms with Crippen molar-refractivity contribution in [3.63, 3.8) is 0 Å². The van der Waals surface area contributed by atoms with Crippen molar-refractivity contribution < 1.29 is 28.2 Å². The molecule has 0 spiro atoms. The van der Waals surface area contributed by atoms with E-state index in [1.807, 2.05) is 11.0 Å². The van der Waals surface area contributed by atoms with Crippen molar-refractivity contribution in [2.45, 2.75) is 32.2 Å². The van der Waals surface area contributed by atoms with Crippen LogP contribution in [-0.4, -0.2) is 68.0 Å². The maximum Gasteiger partial charge on any atom is 0.310 e. The molecule has 0 N–H and O–H groups in total. The van der Waals surface area contributed by atoms with E-state index in [-0.39, 0.29) is 30.2 Å². The molecule has 2 aromatic carbocycles. The molecule has 0 unspecified atom stereocenters. The SMILES string of the molecule is CCOC(=O)[C@@H]1CCCN(CC(=O)N2N=C(c3ccccc3F)C[C@@H]2c2ccc(OC)cc2OC)C1. The Kier molecular flexibility index (Phi) is 8.20. The maximum absolute atomic E-state index is 14.6. The number of hydrogen-bond acceptors (Lipinski definition) is 7. The molecule has 2 aliphatic heterocycles. The fourth-order valence-electron chi connectivity index (χ4n) is 4.85. The van der Waals surface area contributed by atoms with Crippen LogP contribution in [0.3, 0.4) is 0 Å². The zero-order chi connectivity index (χ0) is 25.7. The summed E-state index contributed by atoms with van der Waals surface area (Å²) in [4.78, 5) is 27.8. The predicted molar refractivity (Wildman–Crippen MR) is 132 cm³/mol. The van der Waals surface area contributed by atoms with E-state index in [0.29, 0.717) is 48.9 Å². The van der Waals surface area contributed by atoms with Crippen LogP contribution < -0.4 is 9.47 Å². The highest BCUT2D eigenvalue weighted by molar-refractivity contribution is 6.03. The first-order chi connectivity index (χ1) is 17.4. The van der Waals surface area contributed by atoms with Gasteiger partial charge in [-0.3, -0.25) is 14.5 Å². The molecule has 1 fully saturated rings. The van der Waals surface area contributed by atoms with Crippen molar-refractivity contribution >= 4 is 17.6 Å². The first kappa shape index (κ1) is 25.6. The number of hydrazone groups is 1. The summed E-state index contributed by atoms with van der Waals surface area (Å²) in [5, 5.41) is 6.03. The van der Waals surface area contributed by atoms with E-state index < -0.39 is 6.04 Å². The largest absolute Gasteiger partial charge is 0.497 e. The Hall–Kier alpha value is -3.46. The van der Waals surface area contributed by atoms with Gasteiger partial charge in [-0.1, -0.05) is 18.2 Å². The predicted octanol–water partition coefficient (Wildman–Crippen LogP) is 3.80. The molecule has 1 amide bonds. The first-order valence-electron chi connectivity index (χ1n) is 12.2. The molecule has 4 rings (SSSR count).